The molecule has 0 bridgehead atoms. The van der Waals surface area contributed by atoms with Gasteiger partial charge in [0.25, 0.3) is 10.0 Å². The maximum absolute atomic E-state index is 13.2. The molecule has 7 nitrogen and oxygen atoms in total. The Labute approximate surface area is 200 Å². The normalized spacial score (nSPS) is 22.2. The van der Waals surface area contributed by atoms with Gasteiger partial charge in [0.1, 0.15) is 12.1 Å². The Balaban J connectivity index is 1.50. The number of likely N-dealkylation sites (tertiary alicyclic amines) is 2. The lowest BCUT2D eigenvalue weighted by molar-refractivity contribution is -0.145. The second kappa shape index (κ2) is 8.89. The van der Waals surface area contributed by atoms with Crippen molar-refractivity contribution < 1.29 is 18.0 Å². The second-order valence-electron chi connectivity index (χ2n) is 9.80. The zero-order valence-electron chi connectivity index (χ0n) is 19.2. The van der Waals surface area contributed by atoms with Crippen LogP contribution < -0.4 is 0 Å². The van der Waals surface area contributed by atoms with Crippen molar-refractivity contribution in [1.82, 2.24) is 13.6 Å². The van der Waals surface area contributed by atoms with Gasteiger partial charge in [-0.3, -0.25) is 9.59 Å². The van der Waals surface area contributed by atoms with Crippen molar-refractivity contribution in [3.8, 4) is 0 Å². The number of carbonyl (C=O) groups excluding carboxylic acids is 2. The molecule has 0 radical (unpaired) electrons. The maximum atomic E-state index is 13.2. The number of rotatable bonds is 5. The van der Waals surface area contributed by atoms with Crippen LogP contribution in [0.2, 0.25) is 0 Å². The Hall–Kier alpha value is -2.16. The van der Waals surface area contributed by atoms with Crippen molar-refractivity contribution in [3.63, 3.8) is 0 Å². The van der Waals surface area contributed by atoms with E-state index in [1.165, 1.54) is 11.0 Å². The van der Waals surface area contributed by atoms with Crippen molar-refractivity contribution in [2.24, 2.45) is 5.41 Å². The summed E-state index contributed by atoms with van der Waals surface area (Å²) in [7, 11) is -4.10. The molecule has 2 aromatic carbocycles. The highest BCUT2D eigenvalue weighted by Gasteiger charge is 2.45. The Morgan fingerprint density at radius 2 is 1.85 bits per heavy atom. The number of hydrogen-bond acceptors (Lipinski definition) is 4. The fourth-order valence-electron chi connectivity index (χ4n) is 4.86. The minimum absolute atomic E-state index is 0.0297. The van der Waals surface area contributed by atoms with E-state index in [2.05, 4.69) is 13.8 Å². The smallest absolute Gasteiger partial charge is 0.257 e. The quantitative estimate of drug-likeness (QED) is 0.598. The van der Waals surface area contributed by atoms with E-state index in [1.54, 1.807) is 19.1 Å². The van der Waals surface area contributed by atoms with E-state index >= 15 is 0 Å². The first-order valence-corrected chi connectivity index (χ1v) is 13.1. The molecule has 2 atom stereocenters. The van der Waals surface area contributed by atoms with Crippen molar-refractivity contribution >= 4 is 44.4 Å². The highest BCUT2D eigenvalue weighted by molar-refractivity contribution is 7.90. The van der Waals surface area contributed by atoms with Crippen molar-refractivity contribution in [2.45, 2.75) is 57.0 Å². The molecule has 2 aliphatic rings. The number of sulfonamides is 1. The van der Waals surface area contributed by atoms with Crippen LogP contribution in [0.25, 0.3) is 10.8 Å². The number of carbonyl (C=O) groups is 2. The lowest BCUT2D eigenvalue weighted by atomic mass is 9.84. The summed E-state index contributed by atoms with van der Waals surface area (Å²) in [6, 6.07) is 10.5. The summed E-state index contributed by atoms with van der Waals surface area (Å²) >= 11 is 6.30. The first-order chi connectivity index (χ1) is 15.5. The molecule has 0 spiro atoms. The van der Waals surface area contributed by atoms with Crippen molar-refractivity contribution in [1.29, 1.82) is 0 Å². The van der Waals surface area contributed by atoms with E-state index in [0.717, 1.165) is 23.6 Å². The first kappa shape index (κ1) is 24.0. The van der Waals surface area contributed by atoms with Crippen LogP contribution in [0.4, 0.5) is 0 Å². The van der Waals surface area contributed by atoms with Crippen LogP contribution in [0.15, 0.2) is 47.4 Å². The number of fused-ring (bicyclic) bond motifs is 1. The molecule has 9 heteroatoms. The number of halogens is 1. The summed E-state index contributed by atoms with van der Waals surface area (Å²) in [6.07, 6.45) is 2.23. The molecule has 0 saturated carbocycles. The lowest BCUT2D eigenvalue weighted by Gasteiger charge is -2.40. The van der Waals surface area contributed by atoms with Gasteiger partial charge >= 0.3 is 0 Å². The predicted molar refractivity (Wildman–Crippen MR) is 128 cm³/mol. The van der Waals surface area contributed by atoms with E-state index in [1.807, 2.05) is 29.2 Å². The zero-order valence-corrected chi connectivity index (χ0v) is 20.8. The molecule has 2 aromatic rings. The van der Waals surface area contributed by atoms with E-state index in [9.17, 15) is 18.0 Å². The van der Waals surface area contributed by atoms with E-state index in [0.29, 0.717) is 16.9 Å². The average Bonchev–Trinajstić information content (AvgIpc) is 3.17. The number of piperidine rings is 1. The van der Waals surface area contributed by atoms with Crippen LogP contribution in [0.3, 0.4) is 0 Å². The molecule has 2 heterocycles. The number of benzene rings is 2. The van der Waals surface area contributed by atoms with Gasteiger partial charge in [-0.25, -0.2) is 8.42 Å². The van der Waals surface area contributed by atoms with E-state index in [4.69, 9.17) is 11.8 Å². The molecule has 0 aromatic heterocycles. The lowest BCUT2D eigenvalue weighted by Crippen LogP contribution is -2.53. The minimum atomic E-state index is -4.10. The summed E-state index contributed by atoms with van der Waals surface area (Å²) in [5.41, 5.74) is 0.0477. The topological polar surface area (TPSA) is 78.0 Å². The molecule has 0 unspecified atom stereocenters. The van der Waals surface area contributed by atoms with Gasteiger partial charge in [-0.05, 0) is 66.3 Å². The van der Waals surface area contributed by atoms with Crippen LogP contribution in [0.5, 0.6) is 0 Å². The fraction of sp³-hybridized carbons (Fsp3) is 0.500. The van der Waals surface area contributed by atoms with Crippen LogP contribution in [-0.2, 0) is 19.6 Å². The minimum Gasteiger partial charge on any atom is -0.340 e. The van der Waals surface area contributed by atoms with Crippen molar-refractivity contribution in [3.05, 3.63) is 42.5 Å². The highest BCUT2D eigenvalue weighted by Crippen LogP contribution is 2.31. The van der Waals surface area contributed by atoms with Gasteiger partial charge in [0.15, 0.2) is 0 Å². The second-order valence-corrected chi connectivity index (χ2v) is 12.2. The third-order valence-electron chi connectivity index (χ3n) is 6.74. The molecule has 2 amide bonds. The van der Waals surface area contributed by atoms with Crippen LogP contribution in [0, 0.1) is 5.41 Å². The number of nitrogens with zero attached hydrogens (tertiary/aromatic N) is 3. The molecule has 2 saturated heterocycles. The number of amides is 2. The van der Waals surface area contributed by atoms with Gasteiger partial charge in [0.2, 0.25) is 11.8 Å². The largest absolute Gasteiger partial charge is 0.340 e. The SMILES string of the molecule is C[C@@H](C(=O)N1CCCC(C)(C)C1)N1CC[C@H](N(Cl)S(=O)(=O)c2ccc3ccccc3c2)C1=O. The standard InChI is InChI=1S/C24H30ClN3O4S/c1-17(22(29)26-13-6-12-24(2,3)16-26)27-14-11-21(23(27)30)28(25)33(31,32)20-10-9-18-7-4-5-8-19(18)15-20/h4-5,7-10,15,17,21H,6,11-14,16H2,1-3H3/t17-,21-/m0/s1. The van der Waals surface area contributed by atoms with Gasteiger partial charge < -0.3 is 9.80 Å². The molecule has 178 valence electrons. The van der Waals surface area contributed by atoms with Gasteiger partial charge in [0.05, 0.1) is 4.90 Å². The van der Waals surface area contributed by atoms with Gasteiger partial charge in [-0.2, -0.15) is 0 Å². The van der Waals surface area contributed by atoms with Crippen LogP contribution >= 0.6 is 11.8 Å². The summed E-state index contributed by atoms with van der Waals surface area (Å²) < 4.78 is 27.0. The molecule has 0 aliphatic carbocycles. The predicted octanol–water partition coefficient (Wildman–Crippen LogP) is 3.62. The van der Waals surface area contributed by atoms with Crippen molar-refractivity contribution in [2.75, 3.05) is 19.6 Å². The summed E-state index contributed by atoms with van der Waals surface area (Å²) in [6.45, 7) is 7.59. The molecule has 2 aliphatic heterocycles. The average molecular weight is 492 g/mol. The van der Waals surface area contributed by atoms with E-state index in [-0.39, 0.29) is 29.2 Å². The Morgan fingerprint density at radius 1 is 1.15 bits per heavy atom. The van der Waals surface area contributed by atoms with Gasteiger partial charge in [-0.15, -0.1) is 0 Å². The molecule has 0 N–H and O–H groups in total. The van der Waals surface area contributed by atoms with Crippen LogP contribution in [-0.4, -0.2) is 65.6 Å². The zero-order chi connectivity index (χ0) is 24.0. The maximum Gasteiger partial charge on any atom is 0.257 e. The summed E-state index contributed by atoms with van der Waals surface area (Å²) in [5, 5.41) is 1.68. The molecule has 33 heavy (non-hydrogen) atoms. The third kappa shape index (κ3) is 4.61. The number of hydrogen-bond donors (Lipinski definition) is 0. The monoisotopic (exact) mass is 491 g/mol. The Bertz CT molecular complexity index is 1180. The van der Waals surface area contributed by atoms with E-state index < -0.39 is 28.0 Å². The van der Waals surface area contributed by atoms with Gasteiger partial charge in [0, 0.05) is 19.6 Å². The first-order valence-electron chi connectivity index (χ1n) is 11.3. The van der Waals surface area contributed by atoms with Gasteiger partial charge in [-0.1, -0.05) is 48.0 Å². The molecule has 4 rings (SSSR count). The molecule has 2 fully saturated rings. The fourth-order valence-corrected chi connectivity index (χ4v) is 6.53. The summed E-state index contributed by atoms with van der Waals surface area (Å²) in [5.74, 6) is -0.540. The molecular formula is C24H30ClN3O4S. The third-order valence-corrected chi connectivity index (χ3v) is 9.09. The Morgan fingerprint density at radius 3 is 2.55 bits per heavy atom. The Kier molecular flexibility index (Phi) is 6.46. The highest BCUT2D eigenvalue weighted by atomic mass is 35.5. The summed E-state index contributed by atoms with van der Waals surface area (Å²) in [4.78, 5) is 29.6. The van der Waals surface area contributed by atoms with Crippen LogP contribution in [0.1, 0.15) is 40.0 Å². The molecular weight excluding hydrogens is 462 g/mol.